The maximum absolute atomic E-state index is 10.5. The number of aliphatic hydroxyl groups is 2. The Hall–Kier alpha value is -0.130. The van der Waals surface area contributed by atoms with Gasteiger partial charge in [0.05, 0.1) is 0 Å². The fraction of sp³-hybridized carbons (Fsp3) is 0.800. The van der Waals surface area contributed by atoms with Crippen molar-refractivity contribution in [3.8, 4) is 0 Å². The largest absolute Gasteiger partial charge is 0.457 e. The highest BCUT2D eigenvalue weighted by Gasteiger charge is 2.41. The topological polar surface area (TPSA) is 66.8 Å². The standard InChI is InChI=1S/C5H7BrO4/c6-1-2-3(7)4(8)5(9)10-2/h2-4,7-8H,1H2/t2?,3-,4-/m1/s1. The highest BCUT2D eigenvalue weighted by atomic mass is 79.9. The minimum absolute atomic E-state index is 0.344. The molecule has 58 valence electrons. The molecule has 0 saturated carbocycles. The van der Waals surface area contributed by atoms with Gasteiger partial charge in [-0.1, -0.05) is 15.9 Å². The van der Waals surface area contributed by atoms with Crippen LogP contribution in [0.15, 0.2) is 0 Å². The number of carbonyl (C=O) groups is 1. The molecule has 1 rings (SSSR count). The van der Waals surface area contributed by atoms with Crippen LogP contribution < -0.4 is 0 Å². The summed E-state index contributed by atoms with van der Waals surface area (Å²) >= 11 is 3.02. The van der Waals surface area contributed by atoms with Gasteiger partial charge < -0.3 is 14.9 Å². The van der Waals surface area contributed by atoms with Crippen molar-refractivity contribution in [3.05, 3.63) is 0 Å². The molecule has 0 aliphatic carbocycles. The maximum atomic E-state index is 10.5. The summed E-state index contributed by atoms with van der Waals surface area (Å²) in [4.78, 5) is 10.5. The van der Waals surface area contributed by atoms with E-state index < -0.39 is 24.3 Å². The smallest absolute Gasteiger partial charge is 0.338 e. The molecule has 0 amide bonds. The summed E-state index contributed by atoms with van der Waals surface area (Å²) in [6, 6.07) is 0. The first kappa shape index (κ1) is 7.97. The minimum atomic E-state index is -1.37. The van der Waals surface area contributed by atoms with Gasteiger partial charge in [-0.3, -0.25) is 0 Å². The average Bonchev–Trinajstić information content (AvgIpc) is 2.17. The van der Waals surface area contributed by atoms with E-state index in [1.54, 1.807) is 0 Å². The molecule has 0 bridgehead atoms. The van der Waals surface area contributed by atoms with Crippen LogP contribution in [0.4, 0.5) is 0 Å². The van der Waals surface area contributed by atoms with Gasteiger partial charge in [-0.25, -0.2) is 4.79 Å². The fourth-order valence-electron chi connectivity index (χ4n) is 0.754. The monoisotopic (exact) mass is 210 g/mol. The van der Waals surface area contributed by atoms with Crippen molar-refractivity contribution in [1.82, 2.24) is 0 Å². The zero-order chi connectivity index (χ0) is 7.72. The number of esters is 1. The number of carbonyl (C=O) groups excluding carboxylic acids is 1. The maximum Gasteiger partial charge on any atom is 0.338 e. The van der Waals surface area contributed by atoms with Crippen LogP contribution in [0.25, 0.3) is 0 Å². The highest BCUT2D eigenvalue weighted by molar-refractivity contribution is 9.09. The third kappa shape index (κ3) is 1.16. The van der Waals surface area contributed by atoms with E-state index in [4.69, 9.17) is 10.2 Å². The van der Waals surface area contributed by atoms with E-state index in [9.17, 15) is 4.79 Å². The molecule has 5 heteroatoms. The molecule has 1 heterocycles. The molecule has 4 nitrogen and oxygen atoms in total. The number of cyclic esters (lactones) is 1. The molecule has 1 fully saturated rings. The van der Waals surface area contributed by atoms with Crippen LogP contribution in [0.2, 0.25) is 0 Å². The lowest BCUT2D eigenvalue weighted by Crippen LogP contribution is -2.31. The summed E-state index contributed by atoms with van der Waals surface area (Å²) in [6.07, 6.45) is -3.07. The first-order chi connectivity index (χ1) is 4.66. The van der Waals surface area contributed by atoms with E-state index in [1.165, 1.54) is 0 Å². The Balaban J connectivity index is 2.61. The van der Waals surface area contributed by atoms with Gasteiger partial charge in [-0.05, 0) is 0 Å². The van der Waals surface area contributed by atoms with E-state index in [1.807, 2.05) is 0 Å². The Bertz CT molecular complexity index is 149. The van der Waals surface area contributed by atoms with Crippen molar-refractivity contribution >= 4 is 21.9 Å². The van der Waals surface area contributed by atoms with Gasteiger partial charge in [0.15, 0.2) is 6.10 Å². The molecular formula is C5H7BrO4. The quantitative estimate of drug-likeness (QED) is 0.432. The van der Waals surface area contributed by atoms with Crippen LogP contribution in [0, 0.1) is 0 Å². The second kappa shape index (κ2) is 2.86. The lowest BCUT2D eigenvalue weighted by Gasteiger charge is -2.08. The lowest BCUT2D eigenvalue weighted by atomic mass is 10.2. The second-order valence-corrected chi connectivity index (χ2v) is 2.71. The predicted octanol–water partition coefficient (Wildman–Crippen LogP) is -0.972. The second-order valence-electron chi connectivity index (χ2n) is 2.07. The normalized spacial score (nSPS) is 39.9. The third-order valence-corrected chi connectivity index (χ3v) is 2.00. The molecule has 0 spiro atoms. The van der Waals surface area contributed by atoms with Gasteiger partial charge in [0.2, 0.25) is 0 Å². The first-order valence-corrected chi connectivity index (χ1v) is 3.91. The highest BCUT2D eigenvalue weighted by Crippen LogP contribution is 2.16. The molecular weight excluding hydrogens is 204 g/mol. The molecule has 3 atom stereocenters. The van der Waals surface area contributed by atoms with Crippen LogP contribution in [-0.4, -0.2) is 39.8 Å². The van der Waals surface area contributed by atoms with Crippen molar-refractivity contribution in [1.29, 1.82) is 0 Å². The Kier molecular flexibility index (Phi) is 2.28. The zero-order valence-corrected chi connectivity index (χ0v) is 6.61. The van der Waals surface area contributed by atoms with Crippen molar-refractivity contribution < 1.29 is 19.7 Å². The van der Waals surface area contributed by atoms with Gasteiger partial charge in [0, 0.05) is 5.33 Å². The molecule has 1 aliphatic heterocycles. The molecule has 0 radical (unpaired) electrons. The Morgan fingerprint density at radius 2 is 2.20 bits per heavy atom. The molecule has 2 N–H and O–H groups in total. The van der Waals surface area contributed by atoms with Crippen LogP contribution in [0.1, 0.15) is 0 Å². The number of hydrogen-bond donors (Lipinski definition) is 2. The predicted molar refractivity (Wildman–Crippen MR) is 35.7 cm³/mol. The fourth-order valence-corrected chi connectivity index (χ4v) is 1.27. The number of ether oxygens (including phenoxy) is 1. The number of halogens is 1. The number of hydrogen-bond acceptors (Lipinski definition) is 4. The van der Waals surface area contributed by atoms with E-state index >= 15 is 0 Å². The van der Waals surface area contributed by atoms with Gasteiger partial charge >= 0.3 is 5.97 Å². The summed E-state index contributed by atoms with van der Waals surface area (Å²) < 4.78 is 4.55. The minimum Gasteiger partial charge on any atom is -0.457 e. The number of rotatable bonds is 1. The summed E-state index contributed by atoms with van der Waals surface area (Å²) in [5, 5.41) is 18.2. The molecule has 1 saturated heterocycles. The van der Waals surface area contributed by atoms with Crippen molar-refractivity contribution in [2.75, 3.05) is 5.33 Å². The van der Waals surface area contributed by atoms with E-state index in [2.05, 4.69) is 20.7 Å². The lowest BCUT2D eigenvalue weighted by molar-refractivity contribution is -0.146. The van der Waals surface area contributed by atoms with Gasteiger partial charge in [-0.2, -0.15) is 0 Å². The number of aliphatic hydroxyl groups excluding tert-OH is 2. The van der Waals surface area contributed by atoms with Crippen molar-refractivity contribution in [2.24, 2.45) is 0 Å². The number of alkyl halides is 1. The van der Waals surface area contributed by atoms with E-state index in [0.29, 0.717) is 5.33 Å². The van der Waals surface area contributed by atoms with Gasteiger partial charge in [0.1, 0.15) is 12.2 Å². The zero-order valence-electron chi connectivity index (χ0n) is 5.03. The summed E-state index contributed by atoms with van der Waals surface area (Å²) in [7, 11) is 0. The molecule has 1 unspecified atom stereocenters. The summed E-state index contributed by atoms with van der Waals surface area (Å²) in [5.74, 6) is -0.753. The van der Waals surface area contributed by atoms with Crippen LogP contribution in [0.3, 0.4) is 0 Å². The van der Waals surface area contributed by atoms with E-state index in [-0.39, 0.29) is 0 Å². The molecule has 0 aromatic heterocycles. The third-order valence-electron chi connectivity index (χ3n) is 1.37. The molecule has 1 aliphatic rings. The van der Waals surface area contributed by atoms with E-state index in [0.717, 1.165) is 0 Å². The van der Waals surface area contributed by atoms with Gasteiger partial charge in [-0.15, -0.1) is 0 Å². The molecule has 10 heavy (non-hydrogen) atoms. The van der Waals surface area contributed by atoms with Gasteiger partial charge in [0.25, 0.3) is 0 Å². The Morgan fingerprint density at radius 3 is 2.40 bits per heavy atom. The Morgan fingerprint density at radius 1 is 1.60 bits per heavy atom. The Labute approximate surface area is 65.9 Å². The summed E-state index contributed by atoms with van der Waals surface area (Å²) in [5.41, 5.74) is 0. The first-order valence-electron chi connectivity index (χ1n) is 2.79. The van der Waals surface area contributed by atoms with Crippen LogP contribution in [-0.2, 0) is 9.53 Å². The SMILES string of the molecule is O=C1OC(CBr)[C@@H](O)[C@H]1O. The average molecular weight is 211 g/mol. The van der Waals surface area contributed by atoms with Crippen LogP contribution >= 0.6 is 15.9 Å². The molecule has 0 aromatic rings. The summed E-state index contributed by atoms with van der Waals surface area (Å²) in [6.45, 7) is 0. The van der Waals surface area contributed by atoms with Crippen LogP contribution in [0.5, 0.6) is 0 Å². The van der Waals surface area contributed by atoms with Crippen molar-refractivity contribution in [2.45, 2.75) is 18.3 Å². The van der Waals surface area contributed by atoms with Crippen molar-refractivity contribution in [3.63, 3.8) is 0 Å². The molecule has 0 aromatic carbocycles.